The molecule has 3 rings (SSSR count). The topological polar surface area (TPSA) is 88.2 Å². The lowest BCUT2D eigenvalue weighted by molar-refractivity contribution is 0.102. The SMILES string of the molecule is Cc1csc(NC(=O)c2ccc(S(=O)(=O)Nc3ccc(Cl)cc3)cc2)n1. The van der Waals surface area contributed by atoms with Crippen LogP contribution in [0.4, 0.5) is 10.8 Å². The lowest BCUT2D eigenvalue weighted by Crippen LogP contribution is -2.14. The van der Waals surface area contributed by atoms with Gasteiger partial charge in [-0.25, -0.2) is 13.4 Å². The van der Waals surface area contributed by atoms with Crippen LogP contribution in [0, 0.1) is 6.92 Å². The molecule has 0 saturated heterocycles. The summed E-state index contributed by atoms with van der Waals surface area (Å²) in [5.41, 5.74) is 1.55. The Morgan fingerprint density at radius 3 is 2.31 bits per heavy atom. The third kappa shape index (κ3) is 4.40. The Labute approximate surface area is 159 Å². The van der Waals surface area contributed by atoms with Gasteiger partial charge in [0.1, 0.15) is 0 Å². The number of rotatable bonds is 5. The quantitative estimate of drug-likeness (QED) is 0.664. The molecule has 3 aromatic rings. The smallest absolute Gasteiger partial charge is 0.261 e. The zero-order chi connectivity index (χ0) is 18.7. The van der Waals surface area contributed by atoms with Gasteiger partial charge in [0.05, 0.1) is 10.6 Å². The highest BCUT2D eigenvalue weighted by Crippen LogP contribution is 2.20. The van der Waals surface area contributed by atoms with Crippen LogP contribution in [0.2, 0.25) is 5.02 Å². The number of aryl methyl sites for hydroxylation is 1. The number of sulfonamides is 1. The fraction of sp³-hybridized carbons (Fsp3) is 0.0588. The van der Waals surface area contributed by atoms with Gasteiger partial charge < -0.3 is 0 Å². The molecule has 9 heteroatoms. The minimum Gasteiger partial charge on any atom is -0.298 e. The van der Waals surface area contributed by atoms with Crippen molar-refractivity contribution in [1.29, 1.82) is 0 Å². The summed E-state index contributed by atoms with van der Waals surface area (Å²) in [4.78, 5) is 16.4. The third-order valence-electron chi connectivity index (χ3n) is 3.36. The van der Waals surface area contributed by atoms with Crippen molar-refractivity contribution < 1.29 is 13.2 Å². The first kappa shape index (κ1) is 18.4. The number of thiazole rings is 1. The molecule has 0 aliphatic carbocycles. The summed E-state index contributed by atoms with van der Waals surface area (Å²) in [6, 6.07) is 12.0. The summed E-state index contributed by atoms with van der Waals surface area (Å²) in [7, 11) is -3.76. The van der Waals surface area contributed by atoms with Crippen LogP contribution < -0.4 is 10.0 Å². The fourth-order valence-corrected chi connectivity index (χ4v) is 3.97. The third-order valence-corrected chi connectivity index (χ3v) is 5.89. The van der Waals surface area contributed by atoms with Crippen molar-refractivity contribution in [2.45, 2.75) is 11.8 Å². The molecule has 1 amide bonds. The number of nitrogens with one attached hydrogen (secondary N) is 2. The minimum absolute atomic E-state index is 0.0501. The molecule has 0 bridgehead atoms. The second kappa shape index (κ2) is 7.45. The highest BCUT2D eigenvalue weighted by molar-refractivity contribution is 7.92. The predicted octanol–water partition coefficient (Wildman–Crippen LogP) is 4.16. The van der Waals surface area contributed by atoms with E-state index in [4.69, 9.17) is 11.6 Å². The molecule has 0 radical (unpaired) electrons. The highest BCUT2D eigenvalue weighted by atomic mass is 35.5. The van der Waals surface area contributed by atoms with E-state index in [-0.39, 0.29) is 10.8 Å². The molecule has 134 valence electrons. The molecule has 1 heterocycles. The number of hydrogen-bond acceptors (Lipinski definition) is 5. The molecule has 0 saturated carbocycles. The molecule has 2 N–H and O–H groups in total. The number of carbonyl (C=O) groups is 1. The Morgan fingerprint density at radius 1 is 1.08 bits per heavy atom. The van der Waals surface area contributed by atoms with E-state index in [1.54, 1.807) is 24.3 Å². The highest BCUT2D eigenvalue weighted by Gasteiger charge is 2.15. The second-order valence-electron chi connectivity index (χ2n) is 5.38. The standard InChI is InChI=1S/C17H14ClN3O3S2/c1-11-10-25-17(19-11)20-16(22)12-2-8-15(9-3-12)26(23,24)21-14-6-4-13(18)5-7-14/h2-10,21H,1H3,(H,19,20,22). The Morgan fingerprint density at radius 2 is 1.73 bits per heavy atom. The van der Waals surface area contributed by atoms with Gasteiger partial charge in [-0.1, -0.05) is 11.6 Å². The van der Waals surface area contributed by atoms with Crippen molar-refractivity contribution in [3.8, 4) is 0 Å². The summed E-state index contributed by atoms with van der Waals surface area (Å²) < 4.78 is 27.3. The number of hydrogen-bond donors (Lipinski definition) is 2. The number of halogens is 1. The number of benzene rings is 2. The molecule has 6 nitrogen and oxygen atoms in total. The molecule has 0 spiro atoms. The Kier molecular flexibility index (Phi) is 5.26. The van der Waals surface area contributed by atoms with Crippen LogP contribution in [0.5, 0.6) is 0 Å². The van der Waals surface area contributed by atoms with E-state index < -0.39 is 10.0 Å². The summed E-state index contributed by atoms with van der Waals surface area (Å²) >= 11 is 7.11. The van der Waals surface area contributed by atoms with E-state index in [0.29, 0.717) is 21.4 Å². The van der Waals surface area contributed by atoms with Crippen molar-refractivity contribution >= 4 is 49.7 Å². The average Bonchev–Trinajstić information content (AvgIpc) is 3.02. The second-order valence-corrected chi connectivity index (χ2v) is 8.36. The maximum atomic E-state index is 12.4. The number of nitrogens with zero attached hydrogens (tertiary/aromatic N) is 1. The van der Waals surface area contributed by atoms with Crippen LogP contribution in [0.25, 0.3) is 0 Å². The molecule has 26 heavy (non-hydrogen) atoms. The van der Waals surface area contributed by atoms with Crippen LogP contribution >= 0.6 is 22.9 Å². The molecule has 1 aromatic heterocycles. The maximum Gasteiger partial charge on any atom is 0.261 e. The van der Waals surface area contributed by atoms with Crippen LogP contribution in [-0.2, 0) is 10.0 Å². The Hall–Kier alpha value is -2.42. The molecule has 0 unspecified atom stereocenters. The molecule has 0 atom stereocenters. The summed E-state index contributed by atoms with van der Waals surface area (Å²) in [5.74, 6) is -0.353. The first-order valence-corrected chi connectivity index (χ1v) is 10.2. The molecule has 2 aromatic carbocycles. The molecule has 0 aliphatic heterocycles. The van der Waals surface area contributed by atoms with Gasteiger partial charge >= 0.3 is 0 Å². The number of aromatic nitrogens is 1. The van der Waals surface area contributed by atoms with Gasteiger partial charge in [-0.2, -0.15) is 0 Å². The van der Waals surface area contributed by atoms with Gasteiger partial charge in [0.25, 0.3) is 15.9 Å². The van der Waals surface area contributed by atoms with E-state index >= 15 is 0 Å². The van der Waals surface area contributed by atoms with Crippen molar-refractivity contribution in [3.05, 3.63) is 70.2 Å². The zero-order valence-corrected chi connectivity index (χ0v) is 16.0. The average molecular weight is 408 g/mol. The van der Waals surface area contributed by atoms with Crippen molar-refractivity contribution in [2.75, 3.05) is 10.0 Å². The Bertz CT molecular complexity index is 1030. The van der Waals surface area contributed by atoms with Crippen LogP contribution in [0.3, 0.4) is 0 Å². The van der Waals surface area contributed by atoms with Crippen LogP contribution in [0.15, 0.2) is 58.8 Å². The lowest BCUT2D eigenvalue weighted by atomic mass is 10.2. The summed E-state index contributed by atoms with van der Waals surface area (Å²) in [6.45, 7) is 1.83. The van der Waals surface area contributed by atoms with E-state index in [1.807, 2.05) is 12.3 Å². The van der Waals surface area contributed by atoms with Crippen LogP contribution in [-0.4, -0.2) is 19.3 Å². The van der Waals surface area contributed by atoms with Gasteiger partial charge in [0.15, 0.2) is 5.13 Å². The van der Waals surface area contributed by atoms with Crippen LogP contribution in [0.1, 0.15) is 16.1 Å². The molecular formula is C17H14ClN3O3S2. The van der Waals surface area contributed by atoms with E-state index in [2.05, 4.69) is 15.0 Å². The van der Waals surface area contributed by atoms with Crippen molar-refractivity contribution in [3.63, 3.8) is 0 Å². The zero-order valence-electron chi connectivity index (χ0n) is 13.6. The molecule has 0 fully saturated rings. The number of amides is 1. The monoisotopic (exact) mass is 407 g/mol. The molecular weight excluding hydrogens is 394 g/mol. The predicted molar refractivity (Wildman–Crippen MR) is 104 cm³/mol. The van der Waals surface area contributed by atoms with Gasteiger partial charge in [-0.05, 0) is 55.5 Å². The van der Waals surface area contributed by atoms with E-state index in [9.17, 15) is 13.2 Å². The van der Waals surface area contributed by atoms with E-state index in [1.165, 1.54) is 35.6 Å². The largest absolute Gasteiger partial charge is 0.298 e. The number of anilines is 2. The van der Waals surface area contributed by atoms with Gasteiger partial charge in [-0.15, -0.1) is 11.3 Å². The lowest BCUT2D eigenvalue weighted by Gasteiger charge is -2.09. The first-order chi connectivity index (χ1) is 12.3. The first-order valence-electron chi connectivity index (χ1n) is 7.45. The molecule has 0 aliphatic rings. The number of carbonyl (C=O) groups excluding carboxylic acids is 1. The Balaban J connectivity index is 1.73. The summed E-state index contributed by atoms with van der Waals surface area (Å²) in [6.07, 6.45) is 0. The van der Waals surface area contributed by atoms with Crippen molar-refractivity contribution in [1.82, 2.24) is 4.98 Å². The maximum absolute atomic E-state index is 12.4. The minimum atomic E-state index is -3.76. The van der Waals surface area contributed by atoms with Gasteiger partial charge in [0.2, 0.25) is 0 Å². The fourth-order valence-electron chi connectivity index (χ4n) is 2.10. The van der Waals surface area contributed by atoms with E-state index in [0.717, 1.165) is 5.69 Å². The van der Waals surface area contributed by atoms with Gasteiger partial charge in [0, 0.05) is 21.7 Å². The van der Waals surface area contributed by atoms with Gasteiger partial charge in [-0.3, -0.25) is 14.8 Å². The summed E-state index contributed by atoms with van der Waals surface area (Å²) in [5, 5.41) is 5.51. The van der Waals surface area contributed by atoms with Crippen molar-refractivity contribution in [2.24, 2.45) is 0 Å². The normalized spacial score (nSPS) is 11.2.